The average Bonchev–Trinajstić information content (AvgIpc) is 2.67. The van der Waals surface area contributed by atoms with E-state index in [-0.39, 0.29) is 18.6 Å². The van der Waals surface area contributed by atoms with Crippen LogP contribution in [-0.4, -0.2) is 68.8 Å². The number of nitrogens with zero attached hydrogens (tertiary/aromatic N) is 2. The molecular formula is C21H28N2O3. The molecule has 5 heteroatoms. The largest absolute Gasteiger partial charge is 0.484 e. The highest BCUT2D eigenvalue weighted by Crippen LogP contribution is 2.21. The molecular weight excluding hydrogens is 328 g/mol. The Bertz CT molecular complexity index is 726. The minimum Gasteiger partial charge on any atom is -0.484 e. The number of ether oxygens (including phenoxy) is 2. The van der Waals surface area contributed by atoms with Gasteiger partial charge in [0, 0.05) is 32.3 Å². The van der Waals surface area contributed by atoms with Gasteiger partial charge in [0.15, 0.2) is 6.61 Å². The van der Waals surface area contributed by atoms with Crippen LogP contribution in [0.2, 0.25) is 0 Å². The van der Waals surface area contributed by atoms with Crippen LogP contribution in [-0.2, 0) is 9.53 Å². The number of hydrogen-bond acceptors (Lipinski definition) is 4. The topological polar surface area (TPSA) is 42.0 Å². The molecule has 2 aromatic rings. The lowest BCUT2D eigenvalue weighted by molar-refractivity contribution is -0.137. The third kappa shape index (κ3) is 4.96. The van der Waals surface area contributed by atoms with Crippen LogP contribution in [0.1, 0.15) is 12.8 Å². The molecule has 1 aliphatic rings. The van der Waals surface area contributed by atoms with E-state index in [1.807, 2.05) is 49.3 Å². The molecule has 2 aromatic carbocycles. The van der Waals surface area contributed by atoms with Crippen molar-refractivity contribution in [3.05, 3.63) is 42.5 Å². The first-order valence-electron chi connectivity index (χ1n) is 9.27. The maximum Gasteiger partial charge on any atom is 0.260 e. The van der Waals surface area contributed by atoms with E-state index in [1.165, 1.54) is 5.39 Å². The summed E-state index contributed by atoms with van der Waals surface area (Å²) < 4.78 is 11.3. The summed E-state index contributed by atoms with van der Waals surface area (Å²) in [5.74, 6) is 0.781. The van der Waals surface area contributed by atoms with E-state index < -0.39 is 0 Å². The summed E-state index contributed by atoms with van der Waals surface area (Å²) in [6, 6.07) is 14.3. The van der Waals surface area contributed by atoms with Crippen molar-refractivity contribution < 1.29 is 14.3 Å². The predicted molar refractivity (Wildman–Crippen MR) is 104 cm³/mol. The fourth-order valence-electron chi connectivity index (χ4n) is 3.30. The molecule has 1 aliphatic heterocycles. The van der Waals surface area contributed by atoms with Crippen LogP contribution in [0.5, 0.6) is 5.75 Å². The van der Waals surface area contributed by atoms with Crippen molar-refractivity contribution >= 4 is 16.7 Å². The van der Waals surface area contributed by atoms with Crippen molar-refractivity contribution in [2.45, 2.75) is 18.9 Å². The Morgan fingerprint density at radius 2 is 1.81 bits per heavy atom. The van der Waals surface area contributed by atoms with E-state index in [2.05, 4.69) is 17.0 Å². The van der Waals surface area contributed by atoms with Crippen molar-refractivity contribution in [2.24, 2.45) is 0 Å². The molecule has 3 rings (SSSR count). The third-order valence-electron chi connectivity index (χ3n) is 4.82. The first-order chi connectivity index (χ1) is 12.6. The molecule has 1 amide bonds. The zero-order valence-electron chi connectivity index (χ0n) is 15.7. The Morgan fingerprint density at radius 1 is 1.08 bits per heavy atom. The Kier molecular flexibility index (Phi) is 6.47. The van der Waals surface area contributed by atoms with Crippen LogP contribution in [0.15, 0.2) is 42.5 Å². The molecule has 0 radical (unpaired) electrons. The lowest BCUT2D eigenvalue weighted by Gasteiger charge is -2.35. The molecule has 0 atom stereocenters. The first-order valence-corrected chi connectivity index (χ1v) is 9.27. The first kappa shape index (κ1) is 18.7. The van der Waals surface area contributed by atoms with E-state index in [9.17, 15) is 4.79 Å². The van der Waals surface area contributed by atoms with Gasteiger partial charge in [-0.25, -0.2) is 0 Å². The number of carbonyl (C=O) groups excluding carboxylic acids is 1. The van der Waals surface area contributed by atoms with E-state index in [1.54, 1.807) is 0 Å². The molecule has 0 aliphatic carbocycles. The van der Waals surface area contributed by atoms with Gasteiger partial charge in [-0.3, -0.25) is 4.79 Å². The Morgan fingerprint density at radius 3 is 2.54 bits per heavy atom. The van der Waals surface area contributed by atoms with Gasteiger partial charge in [0.05, 0.1) is 0 Å². The fraction of sp³-hybridized carbons (Fsp3) is 0.476. The number of carbonyl (C=O) groups is 1. The third-order valence-corrected chi connectivity index (χ3v) is 4.82. The summed E-state index contributed by atoms with van der Waals surface area (Å²) in [4.78, 5) is 16.9. The van der Waals surface area contributed by atoms with Gasteiger partial charge in [0.25, 0.3) is 5.91 Å². The Balaban J connectivity index is 1.63. The fourth-order valence-corrected chi connectivity index (χ4v) is 3.30. The molecule has 0 unspecified atom stereocenters. The number of fused-ring (bicyclic) bond motifs is 1. The molecule has 1 heterocycles. The van der Waals surface area contributed by atoms with Gasteiger partial charge in [-0.05, 0) is 49.8 Å². The average molecular weight is 356 g/mol. The smallest absolute Gasteiger partial charge is 0.260 e. The maximum absolute atomic E-state index is 12.8. The molecule has 0 spiro atoms. The van der Waals surface area contributed by atoms with Crippen LogP contribution in [0.25, 0.3) is 10.8 Å². The standard InChI is InChI=1S/C21H28N2O3/c1-22(2)11-12-23(19-9-13-25-14-10-19)21(24)16-26-20-8-7-17-5-3-4-6-18(17)15-20/h3-8,15,19H,9-14,16H2,1-2H3. The van der Waals surface area contributed by atoms with E-state index in [0.29, 0.717) is 0 Å². The summed E-state index contributed by atoms with van der Waals surface area (Å²) in [6.07, 6.45) is 1.80. The maximum atomic E-state index is 12.8. The molecule has 140 valence electrons. The quantitative estimate of drug-likeness (QED) is 0.765. The number of amides is 1. The lowest BCUT2D eigenvalue weighted by Crippen LogP contribution is -2.48. The zero-order chi connectivity index (χ0) is 18.4. The monoisotopic (exact) mass is 356 g/mol. The Hall–Kier alpha value is -2.11. The second-order valence-corrected chi connectivity index (χ2v) is 7.03. The summed E-state index contributed by atoms with van der Waals surface area (Å²) in [6.45, 7) is 3.09. The van der Waals surface area contributed by atoms with Crippen LogP contribution in [0, 0.1) is 0 Å². The van der Waals surface area contributed by atoms with Crippen molar-refractivity contribution in [1.82, 2.24) is 9.80 Å². The number of rotatable bonds is 7. The summed E-state index contributed by atoms with van der Waals surface area (Å²) >= 11 is 0. The molecule has 0 aromatic heterocycles. The molecule has 26 heavy (non-hydrogen) atoms. The van der Waals surface area contributed by atoms with Crippen molar-refractivity contribution in [3.8, 4) is 5.75 Å². The van der Waals surface area contributed by atoms with E-state index >= 15 is 0 Å². The highest BCUT2D eigenvalue weighted by molar-refractivity contribution is 5.84. The highest BCUT2D eigenvalue weighted by atomic mass is 16.5. The zero-order valence-corrected chi connectivity index (χ0v) is 15.7. The lowest BCUT2D eigenvalue weighted by atomic mass is 10.1. The van der Waals surface area contributed by atoms with Crippen molar-refractivity contribution in [2.75, 3.05) is 47.0 Å². The van der Waals surface area contributed by atoms with Crippen LogP contribution in [0.3, 0.4) is 0 Å². The van der Waals surface area contributed by atoms with Crippen LogP contribution < -0.4 is 4.74 Å². The summed E-state index contributed by atoms with van der Waals surface area (Å²) in [5, 5.41) is 2.28. The second kappa shape index (κ2) is 9.01. The predicted octanol–water partition coefficient (Wildman–Crippen LogP) is 2.79. The minimum absolute atomic E-state index is 0.0481. The van der Waals surface area contributed by atoms with Gasteiger partial charge >= 0.3 is 0 Å². The van der Waals surface area contributed by atoms with Gasteiger partial charge in [-0.1, -0.05) is 30.3 Å². The number of benzene rings is 2. The molecule has 0 N–H and O–H groups in total. The molecule has 0 saturated carbocycles. The molecule has 1 saturated heterocycles. The van der Waals surface area contributed by atoms with Crippen LogP contribution >= 0.6 is 0 Å². The van der Waals surface area contributed by atoms with Crippen LogP contribution in [0.4, 0.5) is 0 Å². The van der Waals surface area contributed by atoms with Gasteiger partial charge in [-0.15, -0.1) is 0 Å². The Labute approximate surface area is 155 Å². The normalized spacial score (nSPS) is 15.3. The second-order valence-electron chi connectivity index (χ2n) is 7.03. The summed E-state index contributed by atoms with van der Waals surface area (Å²) in [7, 11) is 4.05. The van der Waals surface area contributed by atoms with Gasteiger partial charge in [0.2, 0.25) is 0 Å². The molecule has 0 bridgehead atoms. The highest BCUT2D eigenvalue weighted by Gasteiger charge is 2.26. The van der Waals surface area contributed by atoms with E-state index in [0.717, 1.165) is 50.3 Å². The number of hydrogen-bond donors (Lipinski definition) is 0. The SMILES string of the molecule is CN(C)CCN(C(=O)COc1ccc2ccccc2c1)C1CCOCC1. The van der Waals surface area contributed by atoms with Gasteiger partial charge < -0.3 is 19.3 Å². The summed E-state index contributed by atoms with van der Waals surface area (Å²) in [5.41, 5.74) is 0. The van der Waals surface area contributed by atoms with Crippen molar-refractivity contribution in [1.29, 1.82) is 0 Å². The van der Waals surface area contributed by atoms with Crippen molar-refractivity contribution in [3.63, 3.8) is 0 Å². The minimum atomic E-state index is 0.0481. The molecule has 5 nitrogen and oxygen atoms in total. The molecule has 1 fully saturated rings. The van der Waals surface area contributed by atoms with E-state index in [4.69, 9.17) is 9.47 Å². The van der Waals surface area contributed by atoms with Gasteiger partial charge in [-0.2, -0.15) is 0 Å². The van der Waals surface area contributed by atoms with Gasteiger partial charge in [0.1, 0.15) is 5.75 Å². The number of likely N-dealkylation sites (N-methyl/N-ethyl adjacent to an activating group) is 1.